The Kier molecular flexibility index (Phi) is 4.64. The average molecular weight is 337 g/mol. The van der Waals surface area contributed by atoms with Crippen molar-refractivity contribution in [2.24, 2.45) is 0 Å². The van der Waals surface area contributed by atoms with Crippen LogP contribution in [0.1, 0.15) is 30.3 Å². The van der Waals surface area contributed by atoms with Crippen LogP contribution in [0.2, 0.25) is 5.02 Å². The molecule has 1 amide bonds. The zero-order valence-corrected chi connectivity index (χ0v) is 13.8. The molecule has 0 saturated heterocycles. The molecule has 1 unspecified atom stereocenters. The van der Waals surface area contributed by atoms with E-state index in [-0.39, 0.29) is 5.91 Å². The van der Waals surface area contributed by atoms with Gasteiger partial charge in [-0.2, -0.15) is 0 Å². The van der Waals surface area contributed by atoms with Gasteiger partial charge in [-0.25, -0.2) is 4.98 Å². The smallest absolute Gasteiger partial charge is 0.266 e. The minimum absolute atomic E-state index is 0.193. The monoisotopic (exact) mass is 336 g/mol. The van der Waals surface area contributed by atoms with E-state index in [1.807, 2.05) is 0 Å². The summed E-state index contributed by atoms with van der Waals surface area (Å²) in [6.07, 6.45) is 3.87. The Morgan fingerprint density at radius 1 is 1.32 bits per heavy atom. The summed E-state index contributed by atoms with van der Waals surface area (Å²) in [7, 11) is 0. The number of nitrogens with one attached hydrogen (secondary N) is 1. The number of carbonyl (C=O) groups excluding carboxylic acids is 1. The van der Waals surface area contributed by atoms with Crippen molar-refractivity contribution in [3.63, 3.8) is 0 Å². The third-order valence-electron chi connectivity index (χ3n) is 3.57. The van der Waals surface area contributed by atoms with E-state index in [9.17, 15) is 4.79 Å². The number of rotatable bonds is 4. The summed E-state index contributed by atoms with van der Waals surface area (Å²) < 4.78 is 5.61. The van der Waals surface area contributed by atoms with Gasteiger partial charge >= 0.3 is 0 Å². The molecule has 2 aromatic rings. The largest absolute Gasteiger partial charge is 0.481 e. The Hall–Kier alpha value is -1.59. The van der Waals surface area contributed by atoms with Crippen molar-refractivity contribution in [3.05, 3.63) is 39.9 Å². The van der Waals surface area contributed by atoms with Gasteiger partial charge in [0.2, 0.25) is 0 Å². The number of thiazole rings is 1. The molecule has 1 heterocycles. The number of aryl methyl sites for hydroxylation is 2. The number of anilines is 1. The van der Waals surface area contributed by atoms with E-state index in [2.05, 4.69) is 10.3 Å². The standard InChI is InChI=1S/C16H17ClN2O2S/c1-10(21-12-8-6-11(17)7-9-12)15(20)19-16-18-13-4-2-3-5-14(13)22-16/h6-10H,2-5H2,1H3,(H,18,19,20). The first-order chi connectivity index (χ1) is 10.6. The van der Waals surface area contributed by atoms with Crippen molar-refractivity contribution in [2.75, 3.05) is 5.32 Å². The summed E-state index contributed by atoms with van der Waals surface area (Å²) in [5.74, 6) is 0.423. The number of hydrogen-bond acceptors (Lipinski definition) is 4. The van der Waals surface area contributed by atoms with Crippen molar-refractivity contribution in [1.82, 2.24) is 4.98 Å². The number of benzene rings is 1. The molecule has 0 saturated carbocycles. The van der Waals surface area contributed by atoms with Crippen molar-refractivity contribution < 1.29 is 9.53 Å². The fraction of sp³-hybridized carbons (Fsp3) is 0.375. The van der Waals surface area contributed by atoms with E-state index in [1.165, 1.54) is 17.7 Å². The van der Waals surface area contributed by atoms with Crippen LogP contribution in [0.3, 0.4) is 0 Å². The number of nitrogens with zero attached hydrogens (tertiary/aromatic N) is 1. The Balaban J connectivity index is 1.61. The fourth-order valence-electron chi connectivity index (χ4n) is 2.38. The molecular formula is C16H17ClN2O2S. The summed E-state index contributed by atoms with van der Waals surface area (Å²) >= 11 is 7.40. The minimum atomic E-state index is -0.595. The average Bonchev–Trinajstić information content (AvgIpc) is 2.91. The predicted molar refractivity (Wildman–Crippen MR) is 88.9 cm³/mol. The highest BCUT2D eigenvalue weighted by atomic mass is 35.5. The van der Waals surface area contributed by atoms with E-state index in [4.69, 9.17) is 16.3 Å². The minimum Gasteiger partial charge on any atom is -0.481 e. The molecular weight excluding hydrogens is 320 g/mol. The summed E-state index contributed by atoms with van der Waals surface area (Å²) in [4.78, 5) is 18.0. The normalized spacial score (nSPS) is 15.0. The third kappa shape index (κ3) is 3.59. The van der Waals surface area contributed by atoms with Gasteiger partial charge in [0.25, 0.3) is 5.91 Å². The molecule has 1 aromatic carbocycles. The van der Waals surface area contributed by atoms with Crippen LogP contribution in [0.15, 0.2) is 24.3 Å². The van der Waals surface area contributed by atoms with Crippen molar-refractivity contribution >= 4 is 34.0 Å². The van der Waals surface area contributed by atoms with Crippen LogP contribution in [0.5, 0.6) is 5.75 Å². The Labute approximate surface area is 138 Å². The summed E-state index contributed by atoms with van der Waals surface area (Å²) in [6.45, 7) is 1.72. The van der Waals surface area contributed by atoms with Crippen LogP contribution in [0, 0.1) is 0 Å². The lowest BCUT2D eigenvalue weighted by molar-refractivity contribution is -0.122. The lowest BCUT2D eigenvalue weighted by atomic mass is 10.0. The molecule has 0 radical (unpaired) electrons. The van der Waals surface area contributed by atoms with E-state index in [1.54, 1.807) is 42.5 Å². The number of ether oxygens (including phenoxy) is 1. The number of halogens is 1. The molecule has 1 aliphatic carbocycles. The highest BCUT2D eigenvalue weighted by Crippen LogP contribution is 2.29. The van der Waals surface area contributed by atoms with Gasteiger partial charge in [-0.1, -0.05) is 11.6 Å². The predicted octanol–water partition coefficient (Wildman–Crippen LogP) is 4.08. The molecule has 1 N–H and O–H groups in total. The number of aromatic nitrogens is 1. The zero-order chi connectivity index (χ0) is 15.5. The number of amides is 1. The molecule has 0 fully saturated rings. The maximum absolute atomic E-state index is 12.2. The molecule has 3 rings (SSSR count). The third-order valence-corrected chi connectivity index (χ3v) is 4.90. The molecule has 0 aliphatic heterocycles. The van der Waals surface area contributed by atoms with Crippen LogP contribution >= 0.6 is 22.9 Å². The maximum Gasteiger partial charge on any atom is 0.266 e. The number of hydrogen-bond donors (Lipinski definition) is 1. The SMILES string of the molecule is CC(Oc1ccc(Cl)cc1)C(=O)Nc1nc2c(s1)CCCC2. The van der Waals surface area contributed by atoms with E-state index in [0.29, 0.717) is 15.9 Å². The second kappa shape index (κ2) is 6.67. The quantitative estimate of drug-likeness (QED) is 0.915. The zero-order valence-electron chi connectivity index (χ0n) is 12.3. The lowest BCUT2D eigenvalue weighted by Gasteiger charge is -2.13. The molecule has 116 valence electrons. The van der Waals surface area contributed by atoms with E-state index < -0.39 is 6.10 Å². The van der Waals surface area contributed by atoms with Gasteiger partial charge in [0.15, 0.2) is 11.2 Å². The van der Waals surface area contributed by atoms with E-state index in [0.717, 1.165) is 18.5 Å². The first kappa shape index (κ1) is 15.3. The molecule has 1 aliphatic rings. The summed E-state index contributed by atoms with van der Waals surface area (Å²) in [5, 5.41) is 4.15. The second-order valence-electron chi connectivity index (χ2n) is 5.30. The maximum atomic E-state index is 12.2. The number of carbonyl (C=O) groups is 1. The topological polar surface area (TPSA) is 51.2 Å². The summed E-state index contributed by atoms with van der Waals surface area (Å²) in [5.41, 5.74) is 1.14. The van der Waals surface area contributed by atoms with Crippen LogP contribution in [0.25, 0.3) is 0 Å². The Morgan fingerprint density at radius 2 is 2.05 bits per heavy atom. The highest BCUT2D eigenvalue weighted by molar-refractivity contribution is 7.15. The van der Waals surface area contributed by atoms with Crippen LogP contribution < -0.4 is 10.1 Å². The molecule has 22 heavy (non-hydrogen) atoms. The van der Waals surface area contributed by atoms with Crippen LogP contribution in [-0.2, 0) is 17.6 Å². The summed E-state index contributed by atoms with van der Waals surface area (Å²) in [6, 6.07) is 6.95. The number of fused-ring (bicyclic) bond motifs is 1. The molecule has 0 spiro atoms. The van der Waals surface area contributed by atoms with Gasteiger partial charge in [0.05, 0.1) is 5.69 Å². The molecule has 1 atom stereocenters. The molecule has 4 nitrogen and oxygen atoms in total. The highest BCUT2D eigenvalue weighted by Gasteiger charge is 2.19. The van der Waals surface area contributed by atoms with E-state index >= 15 is 0 Å². The Morgan fingerprint density at radius 3 is 2.77 bits per heavy atom. The first-order valence-corrected chi connectivity index (χ1v) is 8.53. The van der Waals surface area contributed by atoms with Gasteiger partial charge in [0.1, 0.15) is 5.75 Å². The van der Waals surface area contributed by atoms with Gasteiger partial charge in [0, 0.05) is 9.90 Å². The lowest BCUT2D eigenvalue weighted by Crippen LogP contribution is -2.30. The van der Waals surface area contributed by atoms with Crippen LogP contribution in [-0.4, -0.2) is 17.0 Å². The fourth-order valence-corrected chi connectivity index (χ4v) is 3.56. The first-order valence-electron chi connectivity index (χ1n) is 7.33. The Bertz CT molecular complexity index is 646. The second-order valence-corrected chi connectivity index (χ2v) is 6.82. The molecule has 1 aromatic heterocycles. The van der Waals surface area contributed by atoms with Gasteiger partial charge in [-0.3, -0.25) is 10.1 Å². The molecule has 0 bridgehead atoms. The van der Waals surface area contributed by atoms with Crippen molar-refractivity contribution in [3.8, 4) is 5.75 Å². The van der Waals surface area contributed by atoms with Crippen LogP contribution in [0.4, 0.5) is 5.13 Å². The van der Waals surface area contributed by atoms with Gasteiger partial charge in [-0.05, 0) is 56.9 Å². The van der Waals surface area contributed by atoms with Crippen molar-refractivity contribution in [2.45, 2.75) is 38.7 Å². The van der Waals surface area contributed by atoms with Gasteiger partial charge in [-0.15, -0.1) is 11.3 Å². The van der Waals surface area contributed by atoms with Crippen molar-refractivity contribution in [1.29, 1.82) is 0 Å². The molecule has 6 heteroatoms. The van der Waals surface area contributed by atoms with Gasteiger partial charge < -0.3 is 4.74 Å².